The Balaban J connectivity index is 1.90. The van der Waals surface area contributed by atoms with Gasteiger partial charge in [0.05, 0.1) is 25.4 Å². The zero-order valence-electron chi connectivity index (χ0n) is 10.9. The normalized spacial score (nSPS) is 37.2. The number of amides is 1. The summed E-state index contributed by atoms with van der Waals surface area (Å²) in [5, 5.41) is 3.10. The molecule has 18 heavy (non-hydrogen) atoms. The van der Waals surface area contributed by atoms with Crippen molar-refractivity contribution in [3.05, 3.63) is 0 Å². The van der Waals surface area contributed by atoms with Gasteiger partial charge in [0.15, 0.2) is 6.10 Å². The fourth-order valence-electron chi connectivity index (χ4n) is 2.59. The van der Waals surface area contributed by atoms with E-state index in [2.05, 4.69) is 12.2 Å². The zero-order chi connectivity index (χ0) is 13.0. The lowest BCUT2D eigenvalue weighted by atomic mass is 9.78. The first-order chi connectivity index (χ1) is 8.65. The van der Waals surface area contributed by atoms with Crippen LogP contribution in [-0.4, -0.2) is 43.3 Å². The number of rotatable bonds is 3. The van der Waals surface area contributed by atoms with Crippen LogP contribution >= 0.6 is 11.6 Å². The van der Waals surface area contributed by atoms with Gasteiger partial charge >= 0.3 is 0 Å². The van der Waals surface area contributed by atoms with Gasteiger partial charge in [0.2, 0.25) is 0 Å². The summed E-state index contributed by atoms with van der Waals surface area (Å²) in [5.74, 6) is 1.12. The van der Waals surface area contributed by atoms with E-state index in [0.29, 0.717) is 25.7 Å². The molecule has 1 saturated carbocycles. The summed E-state index contributed by atoms with van der Waals surface area (Å²) >= 11 is 6.08. The van der Waals surface area contributed by atoms with Crippen LogP contribution in [0.2, 0.25) is 0 Å². The van der Waals surface area contributed by atoms with Crippen molar-refractivity contribution in [3.63, 3.8) is 0 Å². The van der Waals surface area contributed by atoms with E-state index in [9.17, 15) is 4.79 Å². The summed E-state index contributed by atoms with van der Waals surface area (Å²) in [6, 6.07) is 0. The third-order valence-electron chi connectivity index (χ3n) is 3.98. The molecule has 2 rings (SSSR count). The minimum atomic E-state index is -0.474. The molecule has 4 nitrogen and oxygen atoms in total. The van der Waals surface area contributed by atoms with Gasteiger partial charge in [-0.1, -0.05) is 6.92 Å². The average molecular weight is 276 g/mol. The molecule has 1 aliphatic carbocycles. The second-order valence-corrected chi connectivity index (χ2v) is 5.79. The zero-order valence-corrected chi connectivity index (χ0v) is 11.7. The first-order valence-electron chi connectivity index (χ1n) is 6.72. The maximum atomic E-state index is 12.1. The van der Waals surface area contributed by atoms with Crippen LogP contribution in [0.5, 0.6) is 0 Å². The third kappa shape index (κ3) is 3.37. The first-order valence-corrected chi connectivity index (χ1v) is 7.26. The van der Waals surface area contributed by atoms with Gasteiger partial charge < -0.3 is 14.8 Å². The fraction of sp³-hybridized carbons (Fsp3) is 0.923. The molecular weight excluding hydrogens is 254 g/mol. The summed E-state index contributed by atoms with van der Waals surface area (Å²) < 4.78 is 10.7. The molecule has 104 valence electrons. The second kappa shape index (κ2) is 6.22. The van der Waals surface area contributed by atoms with Crippen molar-refractivity contribution in [2.45, 2.75) is 44.2 Å². The number of hydrogen-bond donors (Lipinski definition) is 1. The van der Waals surface area contributed by atoms with Gasteiger partial charge in [0, 0.05) is 5.88 Å². The maximum absolute atomic E-state index is 12.1. The Bertz CT molecular complexity index is 284. The Morgan fingerprint density at radius 3 is 2.67 bits per heavy atom. The van der Waals surface area contributed by atoms with Crippen LogP contribution in [0.15, 0.2) is 0 Å². The minimum absolute atomic E-state index is 0.0788. The summed E-state index contributed by atoms with van der Waals surface area (Å²) in [5.41, 5.74) is -0.244. The lowest BCUT2D eigenvalue weighted by Gasteiger charge is -2.39. The standard InChI is InChI=1S/C13H22ClNO3/c1-10-2-4-13(9-14,5-3-10)15-12(16)11-8-17-6-7-18-11/h10-11H,2-9H2,1H3,(H,15,16). The van der Waals surface area contributed by atoms with Gasteiger partial charge in [-0.25, -0.2) is 0 Å². The highest BCUT2D eigenvalue weighted by Gasteiger charge is 2.37. The lowest BCUT2D eigenvalue weighted by molar-refractivity contribution is -0.149. The number of nitrogens with one attached hydrogen (secondary N) is 1. The number of carbonyl (C=O) groups is 1. The number of ether oxygens (including phenoxy) is 2. The van der Waals surface area contributed by atoms with Crippen molar-refractivity contribution in [1.29, 1.82) is 0 Å². The van der Waals surface area contributed by atoms with Crippen molar-refractivity contribution >= 4 is 17.5 Å². The number of halogens is 1. The highest BCUT2D eigenvalue weighted by atomic mass is 35.5. The van der Waals surface area contributed by atoms with E-state index in [-0.39, 0.29) is 11.4 Å². The molecule has 0 aromatic rings. The minimum Gasteiger partial charge on any atom is -0.376 e. The number of hydrogen-bond acceptors (Lipinski definition) is 3. The molecule has 1 heterocycles. The highest BCUT2D eigenvalue weighted by molar-refractivity contribution is 6.18. The molecule has 0 radical (unpaired) electrons. The molecule has 1 aliphatic heterocycles. The molecule has 1 unspecified atom stereocenters. The summed E-state index contributed by atoms with van der Waals surface area (Å²) in [7, 11) is 0. The Morgan fingerprint density at radius 1 is 1.39 bits per heavy atom. The second-order valence-electron chi connectivity index (χ2n) is 5.52. The lowest BCUT2D eigenvalue weighted by Crippen LogP contribution is -2.56. The summed E-state index contributed by atoms with van der Waals surface area (Å²) in [4.78, 5) is 12.1. The fourth-order valence-corrected chi connectivity index (χ4v) is 2.92. The van der Waals surface area contributed by atoms with E-state index in [1.54, 1.807) is 0 Å². The SMILES string of the molecule is CC1CCC(CCl)(NC(=O)C2COCCO2)CC1. The highest BCUT2D eigenvalue weighted by Crippen LogP contribution is 2.32. The van der Waals surface area contributed by atoms with Gasteiger partial charge in [0.25, 0.3) is 5.91 Å². The topological polar surface area (TPSA) is 47.6 Å². The Morgan fingerprint density at radius 2 is 2.11 bits per heavy atom. The largest absolute Gasteiger partial charge is 0.376 e. The van der Waals surface area contributed by atoms with E-state index < -0.39 is 6.10 Å². The van der Waals surface area contributed by atoms with Crippen molar-refractivity contribution in [3.8, 4) is 0 Å². The number of carbonyl (C=O) groups excluding carboxylic acids is 1. The van der Waals surface area contributed by atoms with Crippen LogP contribution in [-0.2, 0) is 14.3 Å². The Kier molecular flexibility index (Phi) is 4.87. The molecule has 0 spiro atoms. The molecule has 0 aromatic carbocycles. The molecule has 1 atom stereocenters. The van der Waals surface area contributed by atoms with Gasteiger partial charge in [-0.05, 0) is 31.6 Å². The van der Waals surface area contributed by atoms with Crippen LogP contribution in [0.25, 0.3) is 0 Å². The molecule has 1 saturated heterocycles. The maximum Gasteiger partial charge on any atom is 0.252 e. The third-order valence-corrected chi connectivity index (χ3v) is 4.50. The molecule has 5 heteroatoms. The Labute approximate surface area is 113 Å². The molecule has 2 aliphatic rings. The van der Waals surface area contributed by atoms with E-state index in [4.69, 9.17) is 21.1 Å². The Hall–Kier alpha value is -0.320. The van der Waals surface area contributed by atoms with Gasteiger partial charge in [-0.2, -0.15) is 0 Å². The molecule has 1 N–H and O–H groups in total. The predicted molar refractivity (Wildman–Crippen MR) is 69.8 cm³/mol. The van der Waals surface area contributed by atoms with Crippen molar-refractivity contribution in [1.82, 2.24) is 5.32 Å². The molecule has 0 bridgehead atoms. The smallest absolute Gasteiger partial charge is 0.252 e. The van der Waals surface area contributed by atoms with Crippen molar-refractivity contribution in [2.24, 2.45) is 5.92 Å². The average Bonchev–Trinajstić information content (AvgIpc) is 2.43. The van der Waals surface area contributed by atoms with E-state index in [1.165, 1.54) is 0 Å². The van der Waals surface area contributed by atoms with Crippen LogP contribution < -0.4 is 5.32 Å². The monoisotopic (exact) mass is 275 g/mol. The van der Waals surface area contributed by atoms with E-state index in [1.807, 2.05) is 0 Å². The van der Waals surface area contributed by atoms with Gasteiger partial charge in [0.1, 0.15) is 0 Å². The summed E-state index contributed by atoms with van der Waals surface area (Å²) in [6.45, 7) is 3.66. The molecule has 2 fully saturated rings. The summed E-state index contributed by atoms with van der Waals surface area (Å²) in [6.07, 6.45) is 3.68. The predicted octanol–water partition coefficient (Wildman–Crippen LogP) is 1.71. The van der Waals surface area contributed by atoms with Gasteiger partial charge in [-0.15, -0.1) is 11.6 Å². The van der Waals surface area contributed by atoms with Crippen LogP contribution in [0.3, 0.4) is 0 Å². The van der Waals surface area contributed by atoms with Crippen LogP contribution in [0, 0.1) is 5.92 Å². The molecular formula is C13H22ClNO3. The number of alkyl halides is 1. The van der Waals surface area contributed by atoms with E-state index in [0.717, 1.165) is 31.6 Å². The van der Waals surface area contributed by atoms with Crippen molar-refractivity contribution < 1.29 is 14.3 Å². The first kappa shape index (κ1) is 14.1. The van der Waals surface area contributed by atoms with Crippen molar-refractivity contribution in [2.75, 3.05) is 25.7 Å². The molecule has 1 amide bonds. The van der Waals surface area contributed by atoms with E-state index >= 15 is 0 Å². The quantitative estimate of drug-likeness (QED) is 0.798. The van der Waals surface area contributed by atoms with Gasteiger partial charge in [-0.3, -0.25) is 4.79 Å². The van der Waals surface area contributed by atoms with Crippen LogP contribution in [0.1, 0.15) is 32.6 Å². The molecule has 0 aromatic heterocycles. The van der Waals surface area contributed by atoms with Crippen LogP contribution in [0.4, 0.5) is 0 Å².